The van der Waals surface area contributed by atoms with Crippen LogP contribution in [0.4, 0.5) is 5.69 Å². The second-order valence-corrected chi connectivity index (χ2v) is 5.79. The minimum absolute atomic E-state index is 0.0117. The molecule has 1 aromatic heterocycles. The van der Waals surface area contributed by atoms with Crippen LogP contribution < -0.4 is 10.6 Å². The molecule has 2 rings (SSSR count). The van der Waals surface area contributed by atoms with E-state index in [1.807, 2.05) is 56.3 Å². The van der Waals surface area contributed by atoms with Crippen LogP contribution in [0.5, 0.6) is 0 Å². The zero-order valence-corrected chi connectivity index (χ0v) is 14.7. The second-order valence-electron chi connectivity index (χ2n) is 5.79. The van der Waals surface area contributed by atoms with Gasteiger partial charge in [0.15, 0.2) is 0 Å². The molecule has 0 radical (unpaired) electrons. The molecule has 2 N–H and O–H groups in total. The highest BCUT2D eigenvalue weighted by atomic mass is 16.1. The third-order valence-electron chi connectivity index (χ3n) is 3.90. The lowest BCUT2D eigenvalue weighted by molar-refractivity contribution is -0.117. The molecule has 1 atom stereocenters. The number of carbonyl (C=O) groups is 1. The number of hydrogen-bond donors (Lipinski definition) is 2. The molecule has 1 aromatic carbocycles. The Labute approximate surface area is 148 Å². The minimum Gasteiger partial charge on any atom is -0.359 e. The van der Waals surface area contributed by atoms with Gasteiger partial charge in [0.25, 0.3) is 5.91 Å². The van der Waals surface area contributed by atoms with E-state index in [9.17, 15) is 10.1 Å². The normalized spacial score (nSPS) is 12.2. The van der Waals surface area contributed by atoms with E-state index >= 15 is 0 Å². The molecule has 5 heteroatoms. The summed E-state index contributed by atoms with van der Waals surface area (Å²) in [7, 11) is 0. The van der Waals surface area contributed by atoms with Crippen LogP contribution in [0.1, 0.15) is 36.7 Å². The number of carbonyl (C=O) groups excluding carboxylic acids is 1. The highest BCUT2D eigenvalue weighted by Gasteiger charge is 2.13. The van der Waals surface area contributed by atoms with E-state index in [1.54, 1.807) is 6.20 Å². The Morgan fingerprint density at radius 2 is 2.00 bits per heavy atom. The molecule has 5 nitrogen and oxygen atoms in total. The summed E-state index contributed by atoms with van der Waals surface area (Å²) in [4.78, 5) is 16.5. The summed E-state index contributed by atoms with van der Waals surface area (Å²) in [6.45, 7) is 5.88. The summed E-state index contributed by atoms with van der Waals surface area (Å²) < 4.78 is 0. The van der Waals surface area contributed by atoms with E-state index in [0.29, 0.717) is 5.69 Å². The van der Waals surface area contributed by atoms with Crippen LogP contribution in [-0.2, 0) is 11.2 Å². The molecule has 0 aliphatic carbocycles. The van der Waals surface area contributed by atoms with E-state index in [-0.39, 0.29) is 11.6 Å². The number of pyridine rings is 1. The first kappa shape index (κ1) is 18.2. The van der Waals surface area contributed by atoms with Gasteiger partial charge < -0.3 is 10.6 Å². The number of benzene rings is 1. The maximum absolute atomic E-state index is 12.3. The number of nitrogens with one attached hydrogen (secondary N) is 2. The van der Waals surface area contributed by atoms with Crippen LogP contribution in [0.2, 0.25) is 0 Å². The topological polar surface area (TPSA) is 77.8 Å². The standard InChI is InChI=1S/C20H22N4O/c1-4-16-6-8-17(9-7-16)15(3)24-20(25)18(11-21)12-23-19-10-5-14(2)22-13-19/h5-10,12-13,15,23H,4H2,1-3H3,(H,24,25)/b18-12-. The molecule has 0 saturated heterocycles. The van der Waals surface area contributed by atoms with E-state index in [2.05, 4.69) is 22.5 Å². The van der Waals surface area contributed by atoms with Gasteiger partial charge in [-0.2, -0.15) is 5.26 Å². The summed E-state index contributed by atoms with van der Waals surface area (Å²) in [6, 6.07) is 13.5. The predicted octanol–water partition coefficient (Wildman–Crippen LogP) is 3.65. The van der Waals surface area contributed by atoms with Gasteiger partial charge in [0.1, 0.15) is 11.6 Å². The number of anilines is 1. The first-order valence-corrected chi connectivity index (χ1v) is 8.22. The predicted molar refractivity (Wildman–Crippen MR) is 98.7 cm³/mol. The molecule has 1 unspecified atom stereocenters. The molecule has 0 bridgehead atoms. The van der Waals surface area contributed by atoms with Gasteiger partial charge in [0.2, 0.25) is 0 Å². The molecule has 0 spiro atoms. The summed E-state index contributed by atoms with van der Waals surface area (Å²) in [5.41, 5.74) is 3.87. The lowest BCUT2D eigenvalue weighted by Crippen LogP contribution is -2.28. The highest BCUT2D eigenvalue weighted by Crippen LogP contribution is 2.14. The maximum Gasteiger partial charge on any atom is 0.263 e. The largest absolute Gasteiger partial charge is 0.359 e. The molecule has 1 amide bonds. The fourth-order valence-corrected chi connectivity index (χ4v) is 2.26. The number of aromatic nitrogens is 1. The van der Waals surface area contributed by atoms with Crippen molar-refractivity contribution < 1.29 is 4.79 Å². The molecule has 0 aliphatic heterocycles. The number of nitriles is 1. The third-order valence-corrected chi connectivity index (χ3v) is 3.90. The van der Waals surface area contributed by atoms with Gasteiger partial charge in [-0.1, -0.05) is 31.2 Å². The Morgan fingerprint density at radius 3 is 2.56 bits per heavy atom. The number of nitrogens with zero attached hydrogens (tertiary/aromatic N) is 2. The van der Waals surface area contributed by atoms with Gasteiger partial charge in [0, 0.05) is 11.9 Å². The Balaban J connectivity index is 2.01. The minimum atomic E-state index is -0.415. The van der Waals surface area contributed by atoms with Gasteiger partial charge in [-0.25, -0.2) is 0 Å². The van der Waals surface area contributed by atoms with Crippen molar-refractivity contribution in [2.24, 2.45) is 0 Å². The van der Waals surface area contributed by atoms with Crippen molar-refractivity contribution in [3.05, 3.63) is 71.2 Å². The Morgan fingerprint density at radius 1 is 1.28 bits per heavy atom. The van der Waals surface area contributed by atoms with E-state index < -0.39 is 5.91 Å². The van der Waals surface area contributed by atoms with Crippen LogP contribution in [0.15, 0.2) is 54.4 Å². The molecule has 25 heavy (non-hydrogen) atoms. The summed E-state index contributed by atoms with van der Waals surface area (Å²) in [6.07, 6.45) is 4.02. The maximum atomic E-state index is 12.3. The Bertz CT molecular complexity index is 786. The van der Waals surface area contributed by atoms with Crippen molar-refractivity contribution in [2.45, 2.75) is 33.2 Å². The van der Waals surface area contributed by atoms with Crippen molar-refractivity contribution in [2.75, 3.05) is 5.32 Å². The van der Waals surface area contributed by atoms with E-state index in [0.717, 1.165) is 17.7 Å². The molecule has 0 fully saturated rings. The monoisotopic (exact) mass is 334 g/mol. The third kappa shape index (κ3) is 5.18. The highest BCUT2D eigenvalue weighted by molar-refractivity contribution is 5.97. The zero-order valence-electron chi connectivity index (χ0n) is 14.7. The number of hydrogen-bond acceptors (Lipinski definition) is 4. The van der Waals surface area contributed by atoms with Crippen molar-refractivity contribution >= 4 is 11.6 Å². The fraction of sp³-hybridized carbons (Fsp3) is 0.250. The average Bonchev–Trinajstić information content (AvgIpc) is 2.63. The van der Waals surface area contributed by atoms with Crippen molar-refractivity contribution in [1.82, 2.24) is 10.3 Å². The average molecular weight is 334 g/mol. The Kier molecular flexibility index (Phi) is 6.30. The lowest BCUT2D eigenvalue weighted by atomic mass is 10.0. The zero-order chi connectivity index (χ0) is 18.2. The van der Waals surface area contributed by atoms with Gasteiger partial charge in [0.05, 0.1) is 17.9 Å². The number of aryl methyl sites for hydroxylation is 2. The molecule has 2 aromatic rings. The molecule has 0 aliphatic rings. The van der Waals surface area contributed by atoms with E-state index in [1.165, 1.54) is 11.8 Å². The van der Waals surface area contributed by atoms with Crippen molar-refractivity contribution in [1.29, 1.82) is 5.26 Å². The van der Waals surface area contributed by atoms with Gasteiger partial charge in [-0.05, 0) is 43.5 Å². The van der Waals surface area contributed by atoms with Crippen LogP contribution in [0.25, 0.3) is 0 Å². The van der Waals surface area contributed by atoms with Gasteiger partial charge >= 0.3 is 0 Å². The first-order valence-electron chi connectivity index (χ1n) is 8.22. The van der Waals surface area contributed by atoms with Crippen LogP contribution in [-0.4, -0.2) is 10.9 Å². The van der Waals surface area contributed by atoms with Crippen molar-refractivity contribution in [3.8, 4) is 6.07 Å². The molecule has 128 valence electrons. The van der Waals surface area contributed by atoms with Crippen molar-refractivity contribution in [3.63, 3.8) is 0 Å². The van der Waals surface area contributed by atoms with Crippen LogP contribution >= 0.6 is 0 Å². The number of rotatable bonds is 6. The summed E-state index contributed by atoms with van der Waals surface area (Å²) in [5, 5.41) is 15.0. The smallest absolute Gasteiger partial charge is 0.263 e. The second kappa shape index (κ2) is 8.65. The summed E-state index contributed by atoms with van der Waals surface area (Å²) in [5.74, 6) is -0.415. The van der Waals surface area contributed by atoms with Crippen LogP contribution in [0, 0.1) is 18.3 Å². The Hall–Kier alpha value is -3.13. The lowest BCUT2D eigenvalue weighted by Gasteiger charge is -2.14. The molecule has 0 saturated carbocycles. The quantitative estimate of drug-likeness (QED) is 0.624. The SMILES string of the molecule is CCc1ccc(C(C)NC(=O)/C(C#N)=C\Nc2ccc(C)nc2)cc1. The molecule has 1 heterocycles. The first-order chi connectivity index (χ1) is 12.0. The fourth-order valence-electron chi connectivity index (χ4n) is 2.26. The van der Waals surface area contributed by atoms with Crippen LogP contribution in [0.3, 0.4) is 0 Å². The number of amides is 1. The van der Waals surface area contributed by atoms with Gasteiger partial charge in [-0.3, -0.25) is 9.78 Å². The van der Waals surface area contributed by atoms with Gasteiger partial charge in [-0.15, -0.1) is 0 Å². The molecular weight excluding hydrogens is 312 g/mol. The van der Waals surface area contributed by atoms with E-state index in [4.69, 9.17) is 0 Å². The molecular formula is C20H22N4O. The summed E-state index contributed by atoms with van der Waals surface area (Å²) >= 11 is 0.